The number of rotatable bonds is 4. The number of amides is 4. The second-order valence-electron chi connectivity index (χ2n) is 5.45. The summed E-state index contributed by atoms with van der Waals surface area (Å²) in [5.74, 6) is -4.22. The highest BCUT2D eigenvalue weighted by molar-refractivity contribution is 6.32. The van der Waals surface area contributed by atoms with Crippen LogP contribution in [0.25, 0.3) is 0 Å². The molecule has 1 saturated heterocycles. The molecule has 0 aliphatic carbocycles. The van der Waals surface area contributed by atoms with Crippen molar-refractivity contribution < 1.29 is 23.7 Å². The molecule has 3 rings (SSSR count). The van der Waals surface area contributed by atoms with Crippen molar-refractivity contribution in [1.82, 2.24) is 5.32 Å². The highest BCUT2D eigenvalue weighted by Crippen LogP contribution is 2.24. The predicted octanol–water partition coefficient (Wildman–Crippen LogP) is 2.34. The van der Waals surface area contributed by atoms with Crippen LogP contribution in [-0.4, -0.2) is 29.0 Å². The summed E-state index contributed by atoms with van der Waals surface area (Å²) >= 11 is 0. The van der Waals surface area contributed by atoms with Gasteiger partial charge in [-0.15, -0.1) is 0 Å². The highest BCUT2D eigenvalue weighted by atomic mass is 19.1. The molecule has 0 aromatic heterocycles. The van der Waals surface area contributed by atoms with E-state index in [2.05, 4.69) is 4.99 Å². The van der Waals surface area contributed by atoms with E-state index < -0.39 is 34.5 Å². The second kappa shape index (κ2) is 7.12. The maximum Gasteiger partial charge on any atom is 0.335 e. The lowest BCUT2D eigenvalue weighted by Crippen LogP contribution is -2.58. The molecule has 1 aliphatic rings. The standard InChI is InChI=1S/C17H11FN4O5/c18-13-6-1-2-7-14(13)21-16(24)12(15(23)20-17(21)25)9-19-10-4-3-5-11(8-10)22(26)27/h1-9,12H,(H,20,23,25)/t12-/m0/s1. The van der Waals surface area contributed by atoms with Crippen LogP contribution in [0.4, 0.5) is 26.2 Å². The maximum absolute atomic E-state index is 14.0. The number of carbonyl (C=O) groups excluding carboxylic acids is 3. The predicted molar refractivity (Wildman–Crippen MR) is 92.2 cm³/mol. The van der Waals surface area contributed by atoms with Gasteiger partial charge in [-0.1, -0.05) is 18.2 Å². The van der Waals surface area contributed by atoms with Crippen molar-refractivity contribution in [2.75, 3.05) is 4.90 Å². The Bertz CT molecular complexity index is 991. The number of non-ortho nitro benzene ring substituents is 1. The van der Waals surface area contributed by atoms with Crippen LogP contribution in [0.5, 0.6) is 0 Å². The molecule has 0 unspecified atom stereocenters. The molecule has 10 heteroatoms. The van der Waals surface area contributed by atoms with Gasteiger partial charge >= 0.3 is 6.03 Å². The number of halogens is 1. The molecule has 2 aromatic carbocycles. The van der Waals surface area contributed by atoms with Crippen molar-refractivity contribution in [3.8, 4) is 0 Å². The average molecular weight is 370 g/mol. The molecule has 0 saturated carbocycles. The van der Waals surface area contributed by atoms with E-state index in [1.165, 1.54) is 36.4 Å². The molecule has 2 aromatic rings. The fourth-order valence-electron chi connectivity index (χ4n) is 2.43. The summed E-state index contributed by atoms with van der Waals surface area (Å²) in [4.78, 5) is 51.2. The first-order chi connectivity index (χ1) is 12.9. The Morgan fingerprint density at radius 1 is 1.15 bits per heavy atom. The minimum atomic E-state index is -1.50. The van der Waals surface area contributed by atoms with Crippen LogP contribution in [-0.2, 0) is 9.59 Å². The van der Waals surface area contributed by atoms with Gasteiger partial charge in [0.2, 0.25) is 5.91 Å². The second-order valence-corrected chi connectivity index (χ2v) is 5.45. The number of urea groups is 1. The number of hydrogen-bond acceptors (Lipinski definition) is 6. The molecule has 1 N–H and O–H groups in total. The van der Waals surface area contributed by atoms with Crippen LogP contribution in [0.3, 0.4) is 0 Å². The number of imide groups is 2. The molecule has 4 amide bonds. The molecule has 136 valence electrons. The van der Waals surface area contributed by atoms with E-state index in [1.54, 1.807) is 0 Å². The quantitative estimate of drug-likeness (QED) is 0.383. The van der Waals surface area contributed by atoms with Crippen LogP contribution in [0.1, 0.15) is 0 Å². The van der Waals surface area contributed by atoms with Crippen molar-refractivity contribution in [2.24, 2.45) is 10.9 Å². The summed E-state index contributed by atoms with van der Waals surface area (Å²) in [7, 11) is 0. The number of barbiturate groups is 1. The maximum atomic E-state index is 14.0. The zero-order valence-corrected chi connectivity index (χ0v) is 13.5. The number of carbonyl (C=O) groups is 3. The number of benzene rings is 2. The molecule has 1 fully saturated rings. The lowest BCUT2D eigenvalue weighted by molar-refractivity contribution is -0.384. The number of nitro groups is 1. The van der Waals surface area contributed by atoms with Crippen molar-refractivity contribution in [3.05, 3.63) is 64.5 Å². The largest absolute Gasteiger partial charge is 0.335 e. The number of hydrogen-bond donors (Lipinski definition) is 1. The van der Waals surface area contributed by atoms with Crippen LogP contribution >= 0.6 is 0 Å². The van der Waals surface area contributed by atoms with Crippen LogP contribution in [0.15, 0.2) is 53.5 Å². The molecule has 1 heterocycles. The number of aliphatic imine (C=N–C) groups is 1. The van der Waals surface area contributed by atoms with Gasteiger partial charge in [-0.05, 0) is 18.2 Å². The first-order valence-corrected chi connectivity index (χ1v) is 7.60. The first-order valence-electron chi connectivity index (χ1n) is 7.60. The van der Waals surface area contributed by atoms with Crippen molar-refractivity contribution >= 4 is 41.1 Å². The third kappa shape index (κ3) is 3.54. The first kappa shape index (κ1) is 17.9. The summed E-state index contributed by atoms with van der Waals surface area (Å²) in [5.41, 5.74) is -0.382. The molecular weight excluding hydrogens is 359 g/mol. The Balaban J connectivity index is 1.91. The fourth-order valence-corrected chi connectivity index (χ4v) is 2.43. The van der Waals surface area contributed by atoms with Gasteiger partial charge in [0, 0.05) is 18.3 Å². The SMILES string of the molecule is O=C1NC(=O)N(c2ccccc2F)C(=O)[C@H]1C=Nc1cccc([N+](=O)[O-])c1. The van der Waals surface area contributed by atoms with Crippen molar-refractivity contribution in [2.45, 2.75) is 0 Å². The van der Waals surface area contributed by atoms with Crippen molar-refractivity contribution in [3.63, 3.8) is 0 Å². The molecule has 1 atom stereocenters. The Morgan fingerprint density at radius 3 is 2.59 bits per heavy atom. The molecule has 1 aliphatic heterocycles. The molecular formula is C17H11FN4O5. The Morgan fingerprint density at radius 2 is 1.89 bits per heavy atom. The average Bonchev–Trinajstić information content (AvgIpc) is 2.63. The monoisotopic (exact) mass is 370 g/mol. The van der Waals surface area contributed by atoms with Gasteiger partial charge in [-0.2, -0.15) is 0 Å². The Labute approximate surface area is 151 Å². The number of anilines is 1. The number of nitro benzene ring substituents is 1. The molecule has 9 nitrogen and oxygen atoms in total. The van der Waals surface area contributed by atoms with Gasteiger partial charge in [0.1, 0.15) is 5.82 Å². The normalized spacial score (nSPS) is 17.3. The molecule has 0 bridgehead atoms. The van der Waals surface area contributed by atoms with Gasteiger partial charge in [0.05, 0.1) is 16.3 Å². The molecule has 27 heavy (non-hydrogen) atoms. The minimum absolute atomic E-state index is 0.138. The summed E-state index contributed by atoms with van der Waals surface area (Å²) in [5, 5.41) is 12.7. The van der Waals surface area contributed by atoms with Crippen LogP contribution in [0, 0.1) is 21.8 Å². The minimum Gasteiger partial charge on any atom is -0.276 e. The third-order valence-electron chi connectivity index (χ3n) is 3.71. The van der Waals surface area contributed by atoms with E-state index in [9.17, 15) is 28.9 Å². The summed E-state index contributed by atoms with van der Waals surface area (Å²) in [6.07, 6.45) is 0.955. The van der Waals surface area contributed by atoms with E-state index in [0.29, 0.717) is 4.90 Å². The number of nitrogens with zero attached hydrogens (tertiary/aromatic N) is 3. The van der Waals surface area contributed by atoms with E-state index in [-0.39, 0.29) is 17.1 Å². The van der Waals surface area contributed by atoms with Crippen LogP contribution < -0.4 is 10.2 Å². The Hall–Kier alpha value is -3.95. The highest BCUT2D eigenvalue weighted by Gasteiger charge is 2.41. The Kier molecular flexibility index (Phi) is 4.71. The van der Waals surface area contributed by atoms with Gasteiger partial charge in [0.15, 0.2) is 5.92 Å². The molecule has 0 radical (unpaired) electrons. The van der Waals surface area contributed by atoms with E-state index >= 15 is 0 Å². The third-order valence-corrected chi connectivity index (χ3v) is 3.71. The topological polar surface area (TPSA) is 122 Å². The summed E-state index contributed by atoms with van der Waals surface area (Å²) in [6, 6.07) is 9.28. The zero-order valence-electron chi connectivity index (χ0n) is 13.5. The number of nitrogens with one attached hydrogen (secondary N) is 1. The van der Waals surface area contributed by atoms with E-state index in [4.69, 9.17) is 0 Å². The van der Waals surface area contributed by atoms with Gasteiger partial charge in [-0.3, -0.25) is 30.0 Å². The smallest absolute Gasteiger partial charge is 0.276 e. The number of para-hydroxylation sites is 1. The van der Waals surface area contributed by atoms with Gasteiger partial charge in [-0.25, -0.2) is 14.1 Å². The fraction of sp³-hybridized carbons (Fsp3) is 0.0588. The lowest BCUT2D eigenvalue weighted by Gasteiger charge is -2.28. The summed E-state index contributed by atoms with van der Waals surface area (Å²) < 4.78 is 14.0. The molecule has 0 spiro atoms. The van der Waals surface area contributed by atoms with Crippen LogP contribution in [0.2, 0.25) is 0 Å². The van der Waals surface area contributed by atoms with E-state index in [1.807, 2.05) is 5.32 Å². The lowest BCUT2D eigenvalue weighted by atomic mass is 10.1. The zero-order chi connectivity index (χ0) is 19.6. The van der Waals surface area contributed by atoms with Gasteiger partial charge in [0.25, 0.3) is 11.6 Å². The summed E-state index contributed by atoms with van der Waals surface area (Å²) in [6.45, 7) is 0. The van der Waals surface area contributed by atoms with Gasteiger partial charge < -0.3 is 0 Å². The van der Waals surface area contributed by atoms with E-state index in [0.717, 1.165) is 18.3 Å². The van der Waals surface area contributed by atoms with Crippen molar-refractivity contribution in [1.29, 1.82) is 0 Å².